The summed E-state index contributed by atoms with van der Waals surface area (Å²) in [6.45, 7) is 0. The first-order valence-electron chi connectivity index (χ1n) is 8.04. The molecule has 0 heterocycles. The van der Waals surface area contributed by atoms with Gasteiger partial charge in [0.15, 0.2) is 5.78 Å². The van der Waals surface area contributed by atoms with Crippen molar-refractivity contribution in [1.82, 2.24) is 0 Å². The molecule has 0 aliphatic heterocycles. The lowest BCUT2D eigenvalue weighted by molar-refractivity contribution is -0.111. The maximum atomic E-state index is 13.8. The number of allylic oxidation sites excluding steroid dienone is 2. The van der Waals surface area contributed by atoms with Gasteiger partial charge in [0, 0.05) is 22.8 Å². The van der Waals surface area contributed by atoms with Crippen molar-refractivity contribution in [3.05, 3.63) is 70.6 Å². The molecule has 3 nitrogen and oxygen atoms in total. The van der Waals surface area contributed by atoms with Gasteiger partial charge in [-0.2, -0.15) is 0 Å². The van der Waals surface area contributed by atoms with Crippen LogP contribution < -0.4 is 9.47 Å². The van der Waals surface area contributed by atoms with Crippen LogP contribution in [-0.2, 0) is 4.79 Å². The van der Waals surface area contributed by atoms with Crippen molar-refractivity contribution < 1.29 is 18.7 Å². The summed E-state index contributed by atoms with van der Waals surface area (Å²) in [7, 11) is 3.17. The lowest BCUT2D eigenvalue weighted by Gasteiger charge is -2.06. The summed E-state index contributed by atoms with van der Waals surface area (Å²) >= 11 is 0. The summed E-state index contributed by atoms with van der Waals surface area (Å²) in [6, 6.07) is 11.9. The van der Waals surface area contributed by atoms with Crippen molar-refractivity contribution in [3.63, 3.8) is 0 Å². The van der Waals surface area contributed by atoms with E-state index in [-0.39, 0.29) is 11.6 Å². The Morgan fingerprint density at radius 1 is 0.920 bits per heavy atom. The number of methoxy groups -OCH3 is 2. The Balaban J connectivity index is 1.89. The number of benzene rings is 2. The molecule has 128 valence electrons. The summed E-state index contributed by atoms with van der Waals surface area (Å²) < 4.78 is 24.3. The fourth-order valence-corrected chi connectivity index (χ4v) is 2.87. The molecular formula is C21H19FO3. The molecule has 1 fully saturated rings. The number of rotatable bonds is 4. The predicted octanol–water partition coefficient (Wildman–Crippen LogP) is 4.67. The van der Waals surface area contributed by atoms with Crippen molar-refractivity contribution in [3.8, 4) is 11.5 Å². The number of halogens is 1. The van der Waals surface area contributed by atoms with E-state index in [1.54, 1.807) is 44.6 Å². The number of hydrogen-bond acceptors (Lipinski definition) is 3. The maximum absolute atomic E-state index is 13.8. The molecule has 0 radical (unpaired) electrons. The van der Waals surface area contributed by atoms with E-state index in [0.29, 0.717) is 41.1 Å². The van der Waals surface area contributed by atoms with Crippen LogP contribution in [0.25, 0.3) is 12.2 Å². The van der Waals surface area contributed by atoms with Crippen LogP contribution in [0.2, 0.25) is 0 Å². The van der Waals surface area contributed by atoms with Gasteiger partial charge in [-0.15, -0.1) is 0 Å². The Morgan fingerprint density at radius 2 is 1.52 bits per heavy atom. The van der Waals surface area contributed by atoms with Crippen molar-refractivity contribution in [2.45, 2.75) is 12.8 Å². The van der Waals surface area contributed by atoms with E-state index in [1.165, 1.54) is 6.07 Å². The van der Waals surface area contributed by atoms with Gasteiger partial charge >= 0.3 is 0 Å². The van der Waals surface area contributed by atoms with Crippen LogP contribution in [0.5, 0.6) is 11.5 Å². The predicted molar refractivity (Wildman–Crippen MR) is 96.1 cm³/mol. The maximum Gasteiger partial charge on any atom is 0.185 e. The van der Waals surface area contributed by atoms with Gasteiger partial charge in [-0.25, -0.2) is 4.39 Å². The van der Waals surface area contributed by atoms with Crippen LogP contribution in [0.3, 0.4) is 0 Å². The molecule has 1 aliphatic carbocycles. The zero-order chi connectivity index (χ0) is 17.8. The monoisotopic (exact) mass is 338 g/mol. The molecule has 1 aliphatic rings. The average Bonchev–Trinajstić information content (AvgIpc) is 2.96. The molecule has 2 aromatic rings. The lowest BCUT2D eigenvalue weighted by atomic mass is 10.1. The molecule has 4 heteroatoms. The molecule has 3 rings (SSSR count). The standard InChI is InChI=1S/C21H19FO3/c1-24-18-10-14(11-19(13-18)25-2)9-16-7-8-17(21(16)23)12-15-5-3-4-6-20(15)22/h3-6,9-13H,7-8H2,1-2H3/b16-9+,17-12+. The fourth-order valence-electron chi connectivity index (χ4n) is 2.87. The topological polar surface area (TPSA) is 35.5 Å². The summed E-state index contributed by atoms with van der Waals surface area (Å²) in [5, 5.41) is 0. The highest BCUT2D eigenvalue weighted by Gasteiger charge is 2.23. The van der Waals surface area contributed by atoms with E-state index >= 15 is 0 Å². The number of Topliss-reactive ketones (excluding diaryl/α,β-unsaturated/α-hetero) is 1. The Morgan fingerprint density at radius 3 is 2.12 bits per heavy atom. The summed E-state index contributed by atoms with van der Waals surface area (Å²) in [6.07, 6.45) is 4.74. The van der Waals surface area contributed by atoms with E-state index in [2.05, 4.69) is 0 Å². The van der Waals surface area contributed by atoms with E-state index in [1.807, 2.05) is 18.2 Å². The van der Waals surface area contributed by atoms with E-state index < -0.39 is 0 Å². The third-order valence-corrected chi connectivity index (χ3v) is 4.20. The minimum atomic E-state index is -0.322. The van der Waals surface area contributed by atoms with Gasteiger partial charge in [-0.1, -0.05) is 18.2 Å². The molecule has 0 N–H and O–H groups in total. The van der Waals surface area contributed by atoms with E-state index in [0.717, 1.165) is 5.56 Å². The van der Waals surface area contributed by atoms with Gasteiger partial charge in [-0.3, -0.25) is 4.79 Å². The highest BCUT2D eigenvalue weighted by Crippen LogP contribution is 2.31. The molecule has 0 saturated heterocycles. The molecule has 0 spiro atoms. The summed E-state index contributed by atoms with van der Waals surface area (Å²) in [5.74, 6) is 0.973. The highest BCUT2D eigenvalue weighted by molar-refractivity contribution is 6.15. The summed E-state index contributed by atoms with van der Waals surface area (Å²) in [4.78, 5) is 12.6. The van der Waals surface area contributed by atoms with Crippen LogP contribution in [-0.4, -0.2) is 20.0 Å². The van der Waals surface area contributed by atoms with Crippen LogP contribution >= 0.6 is 0 Å². The van der Waals surface area contributed by atoms with Gasteiger partial charge in [-0.05, 0) is 48.8 Å². The molecule has 2 aromatic carbocycles. The normalized spacial score (nSPS) is 17.3. The quantitative estimate of drug-likeness (QED) is 0.760. The van der Waals surface area contributed by atoms with Gasteiger partial charge in [0.2, 0.25) is 0 Å². The molecule has 0 aromatic heterocycles. The number of ether oxygens (including phenoxy) is 2. The molecule has 0 unspecified atom stereocenters. The number of ketones is 1. The second-order valence-electron chi connectivity index (χ2n) is 5.84. The number of hydrogen-bond donors (Lipinski definition) is 0. The second kappa shape index (κ2) is 7.34. The zero-order valence-corrected chi connectivity index (χ0v) is 14.2. The van der Waals surface area contributed by atoms with Crippen LogP contribution in [0.15, 0.2) is 53.6 Å². The van der Waals surface area contributed by atoms with Gasteiger partial charge in [0.25, 0.3) is 0 Å². The Labute approximate surface area is 146 Å². The van der Waals surface area contributed by atoms with E-state index in [9.17, 15) is 9.18 Å². The zero-order valence-electron chi connectivity index (χ0n) is 14.2. The van der Waals surface area contributed by atoms with Crippen molar-refractivity contribution >= 4 is 17.9 Å². The third kappa shape index (κ3) is 3.79. The first-order valence-corrected chi connectivity index (χ1v) is 8.04. The minimum Gasteiger partial charge on any atom is -0.497 e. The fraction of sp³-hybridized carbons (Fsp3) is 0.190. The number of carbonyl (C=O) groups excluding carboxylic acids is 1. The third-order valence-electron chi connectivity index (χ3n) is 4.20. The Hall–Kier alpha value is -2.88. The van der Waals surface area contributed by atoms with Gasteiger partial charge < -0.3 is 9.47 Å². The lowest BCUT2D eigenvalue weighted by Crippen LogP contribution is -1.96. The largest absolute Gasteiger partial charge is 0.497 e. The van der Waals surface area contributed by atoms with Gasteiger partial charge in [0.05, 0.1) is 14.2 Å². The molecule has 25 heavy (non-hydrogen) atoms. The first kappa shape index (κ1) is 17.0. The average molecular weight is 338 g/mol. The van der Waals surface area contributed by atoms with Crippen molar-refractivity contribution in [2.75, 3.05) is 14.2 Å². The van der Waals surface area contributed by atoms with Crippen molar-refractivity contribution in [2.24, 2.45) is 0 Å². The molecular weight excluding hydrogens is 319 g/mol. The second-order valence-corrected chi connectivity index (χ2v) is 5.84. The van der Waals surface area contributed by atoms with E-state index in [4.69, 9.17) is 9.47 Å². The molecule has 0 atom stereocenters. The molecule has 0 amide bonds. The van der Waals surface area contributed by atoms with Crippen LogP contribution in [0.4, 0.5) is 4.39 Å². The summed E-state index contributed by atoms with van der Waals surface area (Å²) in [5.41, 5.74) is 2.62. The van der Waals surface area contributed by atoms with Gasteiger partial charge in [0.1, 0.15) is 17.3 Å². The highest BCUT2D eigenvalue weighted by atomic mass is 19.1. The number of carbonyl (C=O) groups is 1. The Kier molecular flexibility index (Phi) is 4.98. The van der Waals surface area contributed by atoms with Crippen LogP contribution in [0, 0.1) is 5.82 Å². The first-order chi connectivity index (χ1) is 12.1. The SMILES string of the molecule is COc1cc(/C=C2\CC/C(=C\c3ccccc3F)C2=O)cc(OC)c1. The van der Waals surface area contributed by atoms with Crippen molar-refractivity contribution in [1.29, 1.82) is 0 Å². The Bertz CT molecular complexity index is 843. The minimum absolute atomic E-state index is 0.0370. The van der Waals surface area contributed by atoms with Crippen LogP contribution in [0.1, 0.15) is 24.0 Å². The smallest absolute Gasteiger partial charge is 0.185 e. The molecule has 0 bridgehead atoms. The molecule has 1 saturated carbocycles.